The van der Waals surface area contributed by atoms with E-state index in [1.165, 1.54) is 29.9 Å². The number of benzene rings is 1. The molecule has 3 nitrogen and oxygen atoms in total. The highest BCUT2D eigenvalue weighted by atomic mass is 79.9. The van der Waals surface area contributed by atoms with Gasteiger partial charge in [0.05, 0.1) is 11.9 Å². The highest BCUT2D eigenvalue weighted by Gasteiger charge is 2.20. The molecule has 2 aromatic rings. The molecule has 1 fully saturated rings. The van der Waals surface area contributed by atoms with Gasteiger partial charge in [0.15, 0.2) is 0 Å². The van der Waals surface area contributed by atoms with Crippen LogP contribution in [0, 0.1) is 0 Å². The maximum Gasteiger partial charge on any atom is 0.112 e. The molecule has 1 saturated heterocycles. The first-order chi connectivity index (χ1) is 9.25. The molecule has 1 aliphatic heterocycles. The first-order valence-electron chi connectivity index (χ1n) is 6.74. The Morgan fingerprint density at radius 3 is 2.84 bits per heavy atom. The quantitative estimate of drug-likeness (QED) is 0.920. The van der Waals surface area contributed by atoms with Crippen LogP contribution < -0.4 is 5.32 Å². The molecule has 0 unspecified atom stereocenters. The molecule has 1 N–H and O–H groups in total. The molecule has 100 valence electrons. The summed E-state index contributed by atoms with van der Waals surface area (Å²) in [4.78, 5) is 4.67. The zero-order valence-electron chi connectivity index (χ0n) is 11.1. The summed E-state index contributed by atoms with van der Waals surface area (Å²) in [5, 5.41) is 3.41. The van der Waals surface area contributed by atoms with E-state index in [2.05, 4.69) is 56.0 Å². The fraction of sp³-hybridized carbons (Fsp3) is 0.400. The maximum atomic E-state index is 4.67. The molecule has 0 saturated carbocycles. The molecule has 0 aliphatic carbocycles. The maximum absolute atomic E-state index is 4.67. The van der Waals surface area contributed by atoms with Crippen LogP contribution in [-0.2, 0) is 7.05 Å². The molecule has 3 rings (SSSR count). The van der Waals surface area contributed by atoms with Gasteiger partial charge in [-0.15, -0.1) is 0 Å². The van der Waals surface area contributed by atoms with Crippen molar-refractivity contribution in [2.75, 3.05) is 13.1 Å². The van der Waals surface area contributed by atoms with E-state index < -0.39 is 0 Å². The number of aromatic nitrogens is 2. The molecule has 0 bridgehead atoms. The van der Waals surface area contributed by atoms with Crippen molar-refractivity contribution in [3.63, 3.8) is 0 Å². The Morgan fingerprint density at radius 1 is 1.32 bits per heavy atom. The molecule has 2 heterocycles. The molecule has 19 heavy (non-hydrogen) atoms. The molecule has 1 aromatic heterocycles. The van der Waals surface area contributed by atoms with Gasteiger partial charge in [-0.25, -0.2) is 4.98 Å². The lowest BCUT2D eigenvalue weighted by Crippen LogP contribution is -2.27. The average Bonchev–Trinajstić information content (AvgIpc) is 2.81. The van der Waals surface area contributed by atoms with E-state index in [0.717, 1.165) is 17.6 Å². The summed E-state index contributed by atoms with van der Waals surface area (Å²) in [5.41, 5.74) is 2.40. The molecule has 1 aromatic carbocycles. The first-order valence-corrected chi connectivity index (χ1v) is 7.53. The van der Waals surface area contributed by atoms with E-state index in [1.807, 2.05) is 12.3 Å². The number of nitrogens with one attached hydrogen (secondary N) is 1. The topological polar surface area (TPSA) is 29.9 Å². The van der Waals surface area contributed by atoms with Crippen LogP contribution in [0.2, 0.25) is 0 Å². The molecule has 1 aliphatic rings. The van der Waals surface area contributed by atoms with Gasteiger partial charge in [-0.1, -0.05) is 28.1 Å². The van der Waals surface area contributed by atoms with Crippen molar-refractivity contribution in [3.8, 4) is 11.3 Å². The van der Waals surface area contributed by atoms with Crippen molar-refractivity contribution in [2.24, 2.45) is 7.05 Å². The largest absolute Gasteiger partial charge is 0.331 e. The van der Waals surface area contributed by atoms with E-state index in [9.17, 15) is 0 Å². The lowest BCUT2D eigenvalue weighted by Gasteiger charge is -2.22. The van der Waals surface area contributed by atoms with Crippen LogP contribution in [0.4, 0.5) is 0 Å². The average molecular weight is 320 g/mol. The van der Waals surface area contributed by atoms with Gasteiger partial charge in [0, 0.05) is 23.0 Å². The summed E-state index contributed by atoms with van der Waals surface area (Å²) in [7, 11) is 2.13. The standard InChI is InChI=1S/C15H18BrN3/c1-19-14(12-3-2-4-13(16)9-12)10-18-15(19)11-5-7-17-8-6-11/h2-4,9-11,17H,5-8H2,1H3. The number of piperidine rings is 1. The Bertz CT molecular complexity index is 571. The van der Waals surface area contributed by atoms with E-state index in [1.54, 1.807) is 0 Å². The van der Waals surface area contributed by atoms with Crippen molar-refractivity contribution in [3.05, 3.63) is 40.8 Å². The van der Waals surface area contributed by atoms with Gasteiger partial charge >= 0.3 is 0 Å². The normalized spacial score (nSPS) is 16.7. The number of hydrogen-bond donors (Lipinski definition) is 1. The third-order valence-corrected chi connectivity index (χ3v) is 4.34. The summed E-state index contributed by atoms with van der Waals surface area (Å²) in [6.07, 6.45) is 4.37. The third kappa shape index (κ3) is 2.60. The molecule has 0 atom stereocenters. The van der Waals surface area contributed by atoms with E-state index in [-0.39, 0.29) is 0 Å². The number of hydrogen-bond acceptors (Lipinski definition) is 2. The molecular weight excluding hydrogens is 302 g/mol. The van der Waals surface area contributed by atoms with Crippen LogP contribution in [0.3, 0.4) is 0 Å². The molecule has 0 amide bonds. The zero-order valence-corrected chi connectivity index (χ0v) is 12.7. The summed E-state index contributed by atoms with van der Waals surface area (Å²) in [6.45, 7) is 2.20. The monoisotopic (exact) mass is 319 g/mol. The van der Waals surface area contributed by atoms with Crippen LogP contribution in [0.1, 0.15) is 24.6 Å². The van der Waals surface area contributed by atoms with Gasteiger partial charge < -0.3 is 9.88 Å². The number of rotatable bonds is 2. The fourth-order valence-electron chi connectivity index (χ4n) is 2.80. The van der Waals surface area contributed by atoms with Crippen LogP contribution in [0.5, 0.6) is 0 Å². The minimum absolute atomic E-state index is 0.590. The van der Waals surface area contributed by atoms with Crippen molar-refractivity contribution < 1.29 is 0 Å². The van der Waals surface area contributed by atoms with Crippen molar-refractivity contribution in [2.45, 2.75) is 18.8 Å². The smallest absolute Gasteiger partial charge is 0.112 e. The predicted octanol–water partition coefficient (Wildman–Crippen LogP) is 3.32. The lowest BCUT2D eigenvalue weighted by atomic mass is 9.97. The van der Waals surface area contributed by atoms with Gasteiger partial charge in [0.2, 0.25) is 0 Å². The summed E-state index contributed by atoms with van der Waals surface area (Å²) < 4.78 is 3.35. The molecular formula is C15H18BrN3. The SMILES string of the molecule is Cn1c(-c2cccc(Br)c2)cnc1C1CCNCC1. The summed E-state index contributed by atoms with van der Waals surface area (Å²) >= 11 is 3.53. The third-order valence-electron chi connectivity index (χ3n) is 3.85. The Hall–Kier alpha value is -1.13. The van der Waals surface area contributed by atoms with E-state index >= 15 is 0 Å². The Morgan fingerprint density at radius 2 is 2.11 bits per heavy atom. The minimum atomic E-state index is 0.590. The fourth-order valence-corrected chi connectivity index (χ4v) is 3.20. The van der Waals surface area contributed by atoms with Gasteiger partial charge in [0.1, 0.15) is 5.82 Å². The summed E-state index contributed by atoms with van der Waals surface area (Å²) in [6, 6.07) is 8.39. The Labute approximate surface area is 122 Å². The first kappa shape index (κ1) is 12.9. The summed E-state index contributed by atoms with van der Waals surface area (Å²) in [5.74, 6) is 1.81. The second-order valence-electron chi connectivity index (χ2n) is 5.10. The van der Waals surface area contributed by atoms with Crippen LogP contribution in [0.15, 0.2) is 34.9 Å². The molecule has 0 spiro atoms. The Kier molecular flexibility index (Phi) is 3.71. The second kappa shape index (κ2) is 5.47. The minimum Gasteiger partial charge on any atom is -0.331 e. The van der Waals surface area contributed by atoms with Crippen LogP contribution >= 0.6 is 15.9 Å². The van der Waals surface area contributed by atoms with Gasteiger partial charge in [-0.3, -0.25) is 0 Å². The molecule has 4 heteroatoms. The zero-order chi connectivity index (χ0) is 13.2. The predicted molar refractivity (Wildman–Crippen MR) is 81.2 cm³/mol. The number of imidazole rings is 1. The van der Waals surface area contributed by atoms with E-state index in [4.69, 9.17) is 0 Å². The van der Waals surface area contributed by atoms with Gasteiger partial charge in [0.25, 0.3) is 0 Å². The second-order valence-corrected chi connectivity index (χ2v) is 6.01. The van der Waals surface area contributed by atoms with Crippen molar-refractivity contribution in [1.29, 1.82) is 0 Å². The van der Waals surface area contributed by atoms with Gasteiger partial charge in [-0.2, -0.15) is 0 Å². The van der Waals surface area contributed by atoms with Crippen LogP contribution in [0.25, 0.3) is 11.3 Å². The van der Waals surface area contributed by atoms with Crippen molar-refractivity contribution in [1.82, 2.24) is 14.9 Å². The number of nitrogens with zero attached hydrogens (tertiary/aromatic N) is 2. The Balaban J connectivity index is 1.94. The highest BCUT2D eigenvalue weighted by molar-refractivity contribution is 9.10. The lowest BCUT2D eigenvalue weighted by molar-refractivity contribution is 0.437. The highest BCUT2D eigenvalue weighted by Crippen LogP contribution is 2.29. The molecule has 0 radical (unpaired) electrons. The van der Waals surface area contributed by atoms with E-state index in [0.29, 0.717) is 5.92 Å². The van der Waals surface area contributed by atoms with Gasteiger partial charge in [-0.05, 0) is 38.1 Å². The number of halogens is 1. The van der Waals surface area contributed by atoms with Crippen LogP contribution in [-0.4, -0.2) is 22.6 Å². The van der Waals surface area contributed by atoms with Crippen molar-refractivity contribution >= 4 is 15.9 Å².